The summed E-state index contributed by atoms with van der Waals surface area (Å²) in [5, 5.41) is 11.9. The first-order valence-corrected chi connectivity index (χ1v) is 8.86. The number of amides is 1. The topological polar surface area (TPSA) is 80.5 Å². The SMILES string of the molecule is CCCCn1nc(C)c(/C=N\NC(=O)CNc2ccccc2OC)c1Cl. The fourth-order valence-electron chi connectivity index (χ4n) is 2.34. The van der Waals surface area contributed by atoms with Crippen LogP contribution in [0.15, 0.2) is 29.4 Å². The molecule has 2 N–H and O–H groups in total. The molecular weight excluding hydrogens is 354 g/mol. The second-order valence-electron chi connectivity index (χ2n) is 5.71. The molecule has 0 saturated carbocycles. The number of methoxy groups -OCH3 is 1. The Balaban J connectivity index is 1.90. The Bertz CT molecular complexity index is 773. The molecule has 0 fully saturated rings. The van der Waals surface area contributed by atoms with Crippen LogP contribution in [0.1, 0.15) is 31.0 Å². The number of unbranched alkanes of at least 4 members (excludes halogenated alkanes) is 1. The number of hydrogen-bond acceptors (Lipinski definition) is 5. The predicted octanol–water partition coefficient (Wildman–Crippen LogP) is 3.22. The maximum atomic E-state index is 11.9. The van der Waals surface area contributed by atoms with Gasteiger partial charge in [-0.05, 0) is 25.5 Å². The Morgan fingerprint density at radius 3 is 2.92 bits per heavy atom. The van der Waals surface area contributed by atoms with Crippen LogP contribution in [0.25, 0.3) is 0 Å². The number of nitrogens with one attached hydrogen (secondary N) is 2. The zero-order valence-electron chi connectivity index (χ0n) is 15.3. The van der Waals surface area contributed by atoms with Gasteiger partial charge >= 0.3 is 0 Å². The number of para-hydroxylation sites is 2. The molecule has 0 aliphatic heterocycles. The molecule has 1 aromatic carbocycles. The highest BCUT2D eigenvalue weighted by Gasteiger charge is 2.11. The van der Waals surface area contributed by atoms with E-state index >= 15 is 0 Å². The fourth-order valence-corrected chi connectivity index (χ4v) is 2.65. The number of carbonyl (C=O) groups is 1. The number of nitrogens with zero attached hydrogens (tertiary/aromatic N) is 3. The smallest absolute Gasteiger partial charge is 0.259 e. The zero-order valence-corrected chi connectivity index (χ0v) is 16.0. The molecule has 2 rings (SSSR count). The van der Waals surface area contributed by atoms with Crippen molar-refractivity contribution in [2.24, 2.45) is 5.10 Å². The number of rotatable bonds is 9. The van der Waals surface area contributed by atoms with Gasteiger partial charge in [-0.3, -0.25) is 9.48 Å². The van der Waals surface area contributed by atoms with E-state index < -0.39 is 0 Å². The van der Waals surface area contributed by atoms with Gasteiger partial charge in [-0.1, -0.05) is 37.1 Å². The van der Waals surface area contributed by atoms with Crippen molar-refractivity contribution in [1.29, 1.82) is 0 Å². The van der Waals surface area contributed by atoms with Gasteiger partial charge in [-0.15, -0.1) is 0 Å². The molecule has 8 heteroatoms. The molecule has 0 bridgehead atoms. The zero-order chi connectivity index (χ0) is 18.9. The van der Waals surface area contributed by atoms with Crippen LogP contribution < -0.4 is 15.5 Å². The van der Waals surface area contributed by atoms with Crippen LogP contribution in [-0.4, -0.2) is 35.6 Å². The first-order valence-electron chi connectivity index (χ1n) is 8.48. The van der Waals surface area contributed by atoms with Crippen molar-refractivity contribution in [2.45, 2.75) is 33.2 Å². The summed E-state index contributed by atoms with van der Waals surface area (Å²) in [6.07, 6.45) is 3.59. The number of halogens is 1. The Morgan fingerprint density at radius 2 is 2.19 bits per heavy atom. The van der Waals surface area contributed by atoms with Gasteiger partial charge < -0.3 is 10.1 Å². The number of ether oxygens (including phenoxy) is 1. The van der Waals surface area contributed by atoms with Crippen LogP contribution >= 0.6 is 11.6 Å². The van der Waals surface area contributed by atoms with E-state index in [1.165, 1.54) is 6.21 Å². The monoisotopic (exact) mass is 377 g/mol. The summed E-state index contributed by atoms with van der Waals surface area (Å²) in [6, 6.07) is 7.38. The number of carbonyl (C=O) groups excluding carboxylic acids is 1. The lowest BCUT2D eigenvalue weighted by molar-refractivity contribution is -0.119. The molecule has 7 nitrogen and oxygen atoms in total. The molecule has 0 saturated heterocycles. The maximum Gasteiger partial charge on any atom is 0.259 e. The number of anilines is 1. The highest BCUT2D eigenvalue weighted by atomic mass is 35.5. The maximum absolute atomic E-state index is 11.9. The molecule has 26 heavy (non-hydrogen) atoms. The van der Waals surface area contributed by atoms with Crippen LogP contribution in [0.5, 0.6) is 5.75 Å². The highest BCUT2D eigenvalue weighted by Crippen LogP contribution is 2.22. The molecule has 0 aliphatic rings. The summed E-state index contributed by atoms with van der Waals surface area (Å²) in [5.74, 6) is 0.394. The van der Waals surface area contributed by atoms with Crippen LogP contribution in [0.3, 0.4) is 0 Å². The summed E-state index contributed by atoms with van der Waals surface area (Å²) in [5.41, 5.74) is 4.70. The van der Waals surface area contributed by atoms with Crippen molar-refractivity contribution in [3.05, 3.63) is 40.7 Å². The molecule has 0 unspecified atom stereocenters. The normalized spacial score (nSPS) is 10.9. The van der Waals surface area contributed by atoms with Gasteiger partial charge in [-0.25, -0.2) is 5.43 Å². The van der Waals surface area contributed by atoms with E-state index in [4.69, 9.17) is 16.3 Å². The van der Waals surface area contributed by atoms with Gasteiger partial charge in [0.15, 0.2) is 0 Å². The Kier molecular flexibility index (Phi) is 7.47. The summed E-state index contributed by atoms with van der Waals surface area (Å²) in [4.78, 5) is 11.9. The van der Waals surface area contributed by atoms with Gasteiger partial charge in [0.1, 0.15) is 10.9 Å². The molecule has 0 radical (unpaired) electrons. The van der Waals surface area contributed by atoms with Crippen LogP contribution in [-0.2, 0) is 11.3 Å². The second kappa shape index (κ2) is 9.82. The quantitative estimate of drug-likeness (QED) is 0.519. The minimum atomic E-state index is -0.278. The van der Waals surface area contributed by atoms with Crippen molar-refractivity contribution in [1.82, 2.24) is 15.2 Å². The molecule has 0 spiro atoms. The van der Waals surface area contributed by atoms with E-state index in [-0.39, 0.29) is 12.5 Å². The van der Waals surface area contributed by atoms with Crippen LogP contribution in [0, 0.1) is 6.92 Å². The Morgan fingerprint density at radius 1 is 1.42 bits per heavy atom. The van der Waals surface area contributed by atoms with Gasteiger partial charge in [0.05, 0.1) is 36.8 Å². The van der Waals surface area contributed by atoms with Gasteiger partial charge in [0, 0.05) is 6.54 Å². The Hall–Kier alpha value is -2.54. The minimum Gasteiger partial charge on any atom is -0.495 e. The van der Waals surface area contributed by atoms with Crippen LogP contribution in [0.4, 0.5) is 5.69 Å². The lowest BCUT2D eigenvalue weighted by atomic mass is 10.3. The molecule has 140 valence electrons. The number of hydrogen-bond donors (Lipinski definition) is 2. The first-order chi connectivity index (χ1) is 12.6. The van der Waals surface area contributed by atoms with E-state index in [0.29, 0.717) is 16.5 Å². The third-order valence-corrected chi connectivity index (χ3v) is 4.16. The van der Waals surface area contributed by atoms with Gasteiger partial charge in [-0.2, -0.15) is 10.2 Å². The predicted molar refractivity (Wildman–Crippen MR) is 104 cm³/mol. The Labute approximate surface area is 158 Å². The third-order valence-electron chi connectivity index (χ3n) is 3.76. The average molecular weight is 378 g/mol. The molecular formula is C18H24ClN5O2. The second-order valence-corrected chi connectivity index (χ2v) is 6.07. The molecule has 0 atom stereocenters. The summed E-state index contributed by atoms with van der Waals surface area (Å²) >= 11 is 6.33. The van der Waals surface area contributed by atoms with Crippen molar-refractivity contribution < 1.29 is 9.53 Å². The first kappa shape index (κ1) is 19.8. The lowest BCUT2D eigenvalue weighted by Crippen LogP contribution is -2.26. The number of benzene rings is 1. The molecule has 0 aliphatic carbocycles. The third kappa shape index (κ3) is 5.23. The number of aromatic nitrogens is 2. The van der Waals surface area contributed by atoms with Crippen molar-refractivity contribution >= 4 is 29.4 Å². The van der Waals surface area contributed by atoms with Gasteiger partial charge in [0.2, 0.25) is 0 Å². The summed E-state index contributed by atoms with van der Waals surface area (Å²) in [6.45, 7) is 4.81. The van der Waals surface area contributed by atoms with Gasteiger partial charge in [0.25, 0.3) is 5.91 Å². The van der Waals surface area contributed by atoms with Crippen LogP contribution in [0.2, 0.25) is 5.15 Å². The summed E-state index contributed by atoms with van der Waals surface area (Å²) < 4.78 is 6.98. The fraction of sp³-hybridized carbons (Fsp3) is 0.389. The average Bonchev–Trinajstić information content (AvgIpc) is 2.92. The summed E-state index contributed by atoms with van der Waals surface area (Å²) in [7, 11) is 1.58. The van der Waals surface area contributed by atoms with Crippen molar-refractivity contribution in [2.75, 3.05) is 19.0 Å². The standard InChI is InChI=1S/C18H24ClN5O2/c1-4-5-10-24-18(19)14(13(2)23-24)11-21-22-17(25)12-20-15-8-6-7-9-16(15)26-3/h6-9,11,20H,4-5,10,12H2,1-3H3,(H,22,25)/b21-11-. The molecule has 1 heterocycles. The van der Waals surface area contributed by atoms with Crippen molar-refractivity contribution in [3.63, 3.8) is 0 Å². The lowest BCUT2D eigenvalue weighted by Gasteiger charge is -2.09. The van der Waals surface area contributed by atoms with E-state index in [0.717, 1.165) is 30.8 Å². The van der Waals surface area contributed by atoms with E-state index in [1.807, 2.05) is 31.2 Å². The minimum absolute atomic E-state index is 0.0696. The molecule has 1 amide bonds. The van der Waals surface area contributed by atoms with Crippen molar-refractivity contribution in [3.8, 4) is 5.75 Å². The van der Waals surface area contributed by atoms with E-state index in [2.05, 4.69) is 27.9 Å². The molecule has 1 aromatic heterocycles. The van der Waals surface area contributed by atoms with E-state index in [9.17, 15) is 4.79 Å². The number of aryl methyl sites for hydroxylation is 2. The van der Waals surface area contributed by atoms with E-state index in [1.54, 1.807) is 11.8 Å². The highest BCUT2D eigenvalue weighted by molar-refractivity contribution is 6.32. The number of hydrazone groups is 1. The molecule has 2 aromatic rings. The largest absolute Gasteiger partial charge is 0.495 e.